The third-order valence-electron chi connectivity index (χ3n) is 5.87. The molecule has 1 aliphatic rings. The highest BCUT2D eigenvalue weighted by Gasteiger charge is 2.17. The summed E-state index contributed by atoms with van der Waals surface area (Å²) >= 11 is 0. The second-order valence-electron chi connectivity index (χ2n) is 7.85. The molecule has 1 aromatic carbocycles. The average Bonchev–Trinajstić information content (AvgIpc) is 3.20. The largest absolute Gasteiger partial charge is 0.352 e. The number of amides is 1. The van der Waals surface area contributed by atoms with E-state index in [1.165, 1.54) is 37.1 Å². The number of carbonyl (C=O) groups excluding carboxylic acids is 1. The van der Waals surface area contributed by atoms with Crippen molar-refractivity contribution in [3.63, 3.8) is 0 Å². The summed E-state index contributed by atoms with van der Waals surface area (Å²) < 4.78 is 0. The summed E-state index contributed by atoms with van der Waals surface area (Å²) in [7, 11) is 0. The smallest absolute Gasteiger partial charge is 0.266 e. The first-order valence-corrected chi connectivity index (χ1v) is 10.3. The van der Waals surface area contributed by atoms with Crippen LogP contribution in [0.1, 0.15) is 52.8 Å². The van der Waals surface area contributed by atoms with Gasteiger partial charge in [-0.3, -0.25) is 9.59 Å². The monoisotopic (exact) mass is 393 g/mol. The number of rotatable bonds is 7. The Balaban J connectivity index is 1.59. The molecule has 0 spiro atoms. The van der Waals surface area contributed by atoms with Crippen LogP contribution < -0.4 is 15.8 Å². The van der Waals surface area contributed by atoms with Crippen LogP contribution in [0.4, 0.5) is 0 Å². The highest BCUT2D eigenvalue weighted by molar-refractivity contribution is 5.76. The van der Waals surface area contributed by atoms with Crippen LogP contribution in [-0.2, 0) is 24.3 Å². The standard InChI is InChI=1S/C23H28N4O2/c1-16-20(17(2)26-23(29)21(16)13-24)9-10-22(28)25-14-18-7-3-4-8-19(18)15-27-11-5-6-12-27/h3-4,7-8H,5-6,9-12,14-15H2,1-2H3,(H,25,28)(H,26,29)/p+1. The number of carbonyl (C=O) groups is 1. The van der Waals surface area contributed by atoms with E-state index in [0.717, 1.165) is 17.8 Å². The lowest BCUT2D eigenvalue weighted by molar-refractivity contribution is -0.901. The fourth-order valence-electron chi connectivity index (χ4n) is 4.16. The van der Waals surface area contributed by atoms with Gasteiger partial charge in [-0.1, -0.05) is 24.3 Å². The van der Waals surface area contributed by atoms with E-state index in [-0.39, 0.29) is 17.0 Å². The van der Waals surface area contributed by atoms with Crippen molar-refractivity contribution in [1.29, 1.82) is 5.26 Å². The molecule has 0 bridgehead atoms. The van der Waals surface area contributed by atoms with Gasteiger partial charge in [0.2, 0.25) is 5.91 Å². The third-order valence-corrected chi connectivity index (χ3v) is 5.87. The number of benzene rings is 1. The minimum atomic E-state index is -0.368. The van der Waals surface area contributed by atoms with E-state index < -0.39 is 0 Å². The molecular weight excluding hydrogens is 364 g/mol. The van der Waals surface area contributed by atoms with E-state index in [2.05, 4.69) is 28.5 Å². The SMILES string of the molecule is Cc1[nH]c(=O)c(C#N)c(C)c1CCC(=O)NCc1ccccc1C[NH+]1CCCC1. The van der Waals surface area contributed by atoms with E-state index in [1.807, 2.05) is 12.1 Å². The van der Waals surface area contributed by atoms with Gasteiger partial charge in [0.15, 0.2) is 0 Å². The number of aryl methyl sites for hydroxylation is 1. The summed E-state index contributed by atoms with van der Waals surface area (Å²) in [5.74, 6) is -0.0307. The number of nitrogens with zero attached hydrogens (tertiary/aromatic N) is 1. The molecule has 0 atom stereocenters. The topological polar surface area (TPSA) is 90.2 Å². The number of aromatic nitrogens is 1. The van der Waals surface area contributed by atoms with Crippen molar-refractivity contribution in [2.75, 3.05) is 13.1 Å². The molecule has 6 nitrogen and oxygen atoms in total. The van der Waals surface area contributed by atoms with Gasteiger partial charge in [-0.2, -0.15) is 5.26 Å². The van der Waals surface area contributed by atoms with Crippen LogP contribution in [0.25, 0.3) is 0 Å². The number of aromatic amines is 1. The van der Waals surface area contributed by atoms with Crippen LogP contribution in [0.15, 0.2) is 29.1 Å². The number of nitriles is 1. The van der Waals surface area contributed by atoms with Gasteiger partial charge in [0, 0.05) is 37.1 Å². The number of hydrogen-bond acceptors (Lipinski definition) is 3. The van der Waals surface area contributed by atoms with Crippen LogP contribution in [-0.4, -0.2) is 24.0 Å². The van der Waals surface area contributed by atoms with Gasteiger partial charge in [-0.25, -0.2) is 0 Å². The molecule has 152 valence electrons. The number of likely N-dealkylation sites (tertiary alicyclic amines) is 1. The molecule has 2 aromatic rings. The first-order valence-electron chi connectivity index (χ1n) is 10.3. The quantitative estimate of drug-likeness (QED) is 0.662. The second-order valence-corrected chi connectivity index (χ2v) is 7.85. The van der Waals surface area contributed by atoms with Crippen molar-refractivity contribution in [1.82, 2.24) is 10.3 Å². The van der Waals surface area contributed by atoms with E-state index in [0.29, 0.717) is 24.9 Å². The van der Waals surface area contributed by atoms with Crippen LogP contribution in [0.5, 0.6) is 0 Å². The molecule has 29 heavy (non-hydrogen) atoms. The summed E-state index contributed by atoms with van der Waals surface area (Å²) in [5, 5.41) is 12.2. The normalized spacial score (nSPS) is 14.0. The van der Waals surface area contributed by atoms with Gasteiger partial charge in [0.1, 0.15) is 18.2 Å². The zero-order chi connectivity index (χ0) is 20.8. The molecule has 0 aliphatic carbocycles. The molecule has 1 aliphatic heterocycles. The highest BCUT2D eigenvalue weighted by atomic mass is 16.1. The number of H-pyrrole nitrogens is 1. The zero-order valence-electron chi connectivity index (χ0n) is 17.2. The molecule has 1 saturated heterocycles. The molecule has 1 amide bonds. The van der Waals surface area contributed by atoms with E-state index in [9.17, 15) is 14.9 Å². The molecule has 0 unspecified atom stereocenters. The van der Waals surface area contributed by atoms with Gasteiger partial charge in [0.25, 0.3) is 5.56 Å². The third kappa shape index (κ3) is 5.12. The molecule has 0 radical (unpaired) electrons. The molecule has 6 heteroatoms. The Morgan fingerprint density at radius 3 is 2.59 bits per heavy atom. The lowest BCUT2D eigenvalue weighted by Crippen LogP contribution is -3.08. The second kappa shape index (κ2) is 9.53. The average molecular weight is 394 g/mol. The van der Waals surface area contributed by atoms with Gasteiger partial charge in [-0.05, 0) is 37.0 Å². The first kappa shape index (κ1) is 20.8. The Kier molecular flexibility index (Phi) is 6.84. The fraction of sp³-hybridized carbons (Fsp3) is 0.435. The van der Waals surface area contributed by atoms with Crippen molar-refractivity contribution < 1.29 is 9.69 Å². The van der Waals surface area contributed by atoms with Gasteiger partial charge < -0.3 is 15.2 Å². The molecule has 0 saturated carbocycles. The zero-order valence-corrected chi connectivity index (χ0v) is 17.2. The molecule has 3 N–H and O–H groups in total. The minimum absolute atomic E-state index is 0.0307. The molecule has 3 rings (SSSR count). The maximum Gasteiger partial charge on any atom is 0.266 e. The lowest BCUT2D eigenvalue weighted by Gasteiger charge is -2.16. The number of nitrogens with one attached hydrogen (secondary N) is 3. The number of quaternary nitrogens is 1. The summed E-state index contributed by atoms with van der Waals surface area (Å²) in [4.78, 5) is 28.6. The Bertz CT molecular complexity index is 981. The van der Waals surface area contributed by atoms with Crippen molar-refractivity contribution in [2.24, 2.45) is 0 Å². The molecule has 2 heterocycles. The number of pyridine rings is 1. The Labute approximate surface area is 171 Å². The van der Waals surface area contributed by atoms with Crippen LogP contribution in [0.3, 0.4) is 0 Å². The lowest BCUT2D eigenvalue weighted by atomic mass is 9.99. The molecule has 1 fully saturated rings. The summed E-state index contributed by atoms with van der Waals surface area (Å²) in [6.07, 6.45) is 3.41. The Morgan fingerprint density at radius 1 is 1.21 bits per heavy atom. The van der Waals surface area contributed by atoms with Crippen LogP contribution in [0.2, 0.25) is 0 Å². The van der Waals surface area contributed by atoms with E-state index >= 15 is 0 Å². The van der Waals surface area contributed by atoms with Crippen molar-refractivity contribution in [3.8, 4) is 6.07 Å². The van der Waals surface area contributed by atoms with Crippen molar-refractivity contribution in [2.45, 2.75) is 52.6 Å². The Morgan fingerprint density at radius 2 is 1.90 bits per heavy atom. The summed E-state index contributed by atoms with van der Waals surface area (Å²) in [6, 6.07) is 10.3. The molecule has 1 aromatic heterocycles. The maximum absolute atomic E-state index is 12.4. The van der Waals surface area contributed by atoms with Gasteiger partial charge in [0.05, 0.1) is 13.1 Å². The van der Waals surface area contributed by atoms with Gasteiger partial charge >= 0.3 is 0 Å². The van der Waals surface area contributed by atoms with Gasteiger partial charge in [-0.15, -0.1) is 0 Å². The highest BCUT2D eigenvalue weighted by Crippen LogP contribution is 2.15. The predicted octanol–water partition coefficient (Wildman–Crippen LogP) is 1.29. The van der Waals surface area contributed by atoms with E-state index in [1.54, 1.807) is 18.7 Å². The first-order chi connectivity index (χ1) is 14.0. The minimum Gasteiger partial charge on any atom is -0.352 e. The summed E-state index contributed by atoms with van der Waals surface area (Å²) in [5.41, 5.74) is 4.49. The van der Waals surface area contributed by atoms with E-state index in [4.69, 9.17) is 0 Å². The van der Waals surface area contributed by atoms with Crippen LogP contribution in [0, 0.1) is 25.2 Å². The summed E-state index contributed by atoms with van der Waals surface area (Å²) in [6.45, 7) is 7.56. The van der Waals surface area contributed by atoms with Crippen molar-refractivity contribution in [3.05, 3.63) is 68.1 Å². The fourth-order valence-corrected chi connectivity index (χ4v) is 4.16. The Hall–Kier alpha value is -2.91. The maximum atomic E-state index is 12.4. The van der Waals surface area contributed by atoms with Crippen LogP contribution >= 0.6 is 0 Å². The predicted molar refractivity (Wildman–Crippen MR) is 111 cm³/mol. The van der Waals surface area contributed by atoms with Crippen molar-refractivity contribution >= 4 is 5.91 Å². The molecular formula is C23H29N4O2+. The number of hydrogen-bond donors (Lipinski definition) is 3.